The minimum atomic E-state index is 0.269. The van der Waals surface area contributed by atoms with Crippen molar-refractivity contribution in [2.75, 3.05) is 7.05 Å². The third-order valence-corrected chi connectivity index (χ3v) is 4.74. The van der Waals surface area contributed by atoms with Crippen molar-refractivity contribution in [1.82, 2.24) is 14.5 Å². The van der Waals surface area contributed by atoms with Crippen LogP contribution in [0.25, 0.3) is 0 Å². The molecule has 2 rings (SSSR count). The standard InChI is InChI=1S/C16H22N4S/c1-6-20-10-14(7-15(20)8-17)9-19(5)11(2)16-12(3)21-13(4)18-16/h7,10-11H,6,9H2,1-5H3/t11-/m1/s1. The summed E-state index contributed by atoms with van der Waals surface area (Å²) in [6.07, 6.45) is 2.07. The van der Waals surface area contributed by atoms with Gasteiger partial charge in [0.15, 0.2) is 0 Å². The zero-order valence-corrected chi connectivity index (χ0v) is 14.2. The second-order valence-electron chi connectivity index (χ2n) is 5.40. The lowest BCUT2D eigenvalue weighted by Crippen LogP contribution is -2.22. The maximum Gasteiger partial charge on any atom is 0.120 e. The molecule has 5 heteroatoms. The lowest BCUT2D eigenvalue weighted by Gasteiger charge is -2.23. The van der Waals surface area contributed by atoms with E-state index in [0.29, 0.717) is 0 Å². The van der Waals surface area contributed by atoms with Gasteiger partial charge in [-0.1, -0.05) is 0 Å². The summed E-state index contributed by atoms with van der Waals surface area (Å²) in [6.45, 7) is 10.1. The molecule has 0 aromatic carbocycles. The summed E-state index contributed by atoms with van der Waals surface area (Å²) in [5.74, 6) is 0. The molecule has 1 atom stereocenters. The van der Waals surface area contributed by atoms with Crippen molar-refractivity contribution in [3.8, 4) is 6.07 Å². The van der Waals surface area contributed by atoms with Crippen LogP contribution in [0.5, 0.6) is 0 Å². The molecule has 4 nitrogen and oxygen atoms in total. The molecule has 0 aliphatic rings. The van der Waals surface area contributed by atoms with Crippen molar-refractivity contribution in [3.63, 3.8) is 0 Å². The van der Waals surface area contributed by atoms with Gasteiger partial charge in [-0.2, -0.15) is 5.26 Å². The molecular weight excluding hydrogens is 280 g/mol. The number of aryl methyl sites for hydroxylation is 3. The van der Waals surface area contributed by atoms with Crippen LogP contribution in [-0.2, 0) is 13.1 Å². The summed E-state index contributed by atoms with van der Waals surface area (Å²) in [4.78, 5) is 8.21. The van der Waals surface area contributed by atoms with Gasteiger partial charge in [-0.3, -0.25) is 4.90 Å². The van der Waals surface area contributed by atoms with Gasteiger partial charge in [0.2, 0.25) is 0 Å². The van der Waals surface area contributed by atoms with Crippen LogP contribution in [0.3, 0.4) is 0 Å². The van der Waals surface area contributed by atoms with Gasteiger partial charge in [0, 0.05) is 24.2 Å². The van der Waals surface area contributed by atoms with E-state index in [-0.39, 0.29) is 6.04 Å². The van der Waals surface area contributed by atoms with Gasteiger partial charge in [-0.25, -0.2) is 4.98 Å². The van der Waals surface area contributed by atoms with E-state index in [2.05, 4.69) is 56.9 Å². The van der Waals surface area contributed by atoms with Crippen molar-refractivity contribution in [3.05, 3.63) is 39.1 Å². The van der Waals surface area contributed by atoms with E-state index < -0.39 is 0 Å². The van der Waals surface area contributed by atoms with Crippen LogP contribution < -0.4 is 0 Å². The smallest absolute Gasteiger partial charge is 0.120 e. The van der Waals surface area contributed by atoms with Crippen LogP contribution in [0, 0.1) is 25.2 Å². The molecule has 112 valence electrons. The highest BCUT2D eigenvalue weighted by atomic mass is 32.1. The molecule has 0 amide bonds. The molecule has 0 radical (unpaired) electrons. The van der Waals surface area contributed by atoms with Crippen LogP contribution in [0.15, 0.2) is 12.3 Å². The molecule has 0 saturated heterocycles. The largest absolute Gasteiger partial charge is 0.339 e. The fourth-order valence-electron chi connectivity index (χ4n) is 2.58. The molecule has 2 aromatic rings. The third-order valence-electron chi connectivity index (χ3n) is 3.84. The first-order valence-electron chi connectivity index (χ1n) is 7.19. The number of thiazole rings is 1. The summed E-state index contributed by atoms with van der Waals surface area (Å²) in [5, 5.41) is 10.2. The summed E-state index contributed by atoms with van der Waals surface area (Å²) >= 11 is 1.75. The Morgan fingerprint density at radius 1 is 1.48 bits per heavy atom. The molecule has 0 unspecified atom stereocenters. The van der Waals surface area contributed by atoms with Crippen molar-refractivity contribution in [1.29, 1.82) is 5.26 Å². The fraction of sp³-hybridized carbons (Fsp3) is 0.500. The van der Waals surface area contributed by atoms with Gasteiger partial charge >= 0.3 is 0 Å². The highest BCUT2D eigenvalue weighted by molar-refractivity contribution is 7.11. The minimum absolute atomic E-state index is 0.269. The van der Waals surface area contributed by atoms with Gasteiger partial charge in [0.05, 0.1) is 16.7 Å². The molecule has 2 heterocycles. The van der Waals surface area contributed by atoms with E-state index in [0.717, 1.165) is 29.5 Å². The average Bonchev–Trinajstić information content (AvgIpc) is 3.00. The predicted molar refractivity (Wildman–Crippen MR) is 86.3 cm³/mol. The van der Waals surface area contributed by atoms with Crippen LogP contribution in [0.2, 0.25) is 0 Å². The Labute approximate surface area is 130 Å². The quantitative estimate of drug-likeness (QED) is 0.847. The van der Waals surface area contributed by atoms with Crippen LogP contribution in [-0.4, -0.2) is 21.5 Å². The van der Waals surface area contributed by atoms with Gasteiger partial charge in [-0.15, -0.1) is 11.3 Å². The zero-order chi connectivity index (χ0) is 15.6. The van der Waals surface area contributed by atoms with Crippen LogP contribution >= 0.6 is 11.3 Å². The average molecular weight is 302 g/mol. The van der Waals surface area contributed by atoms with E-state index in [4.69, 9.17) is 5.26 Å². The first-order valence-corrected chi connectivity index (χ1v) is 8.01. The van der Waals surface area contributed by atoms with E-state index >= 15 is 0 Å². The molecule has 0 saturated carbocycles. The lowest BCUT2D eigenvalue weighted by molar-refractivity contribution is 0.248. The number of rotatable bonds is 5. The monoisotopic (exact) mass is 302 g/mol. The number of hydrogen-bond acceptors (Lipinski definition) is 4. The third kappa shape index (κ3) is 3.34. The van der Waals surface area contributed by atoms with Crippen molar-refractivity contribution >= 4 is 11.3 Å². The van der Waals surface area contributed by atoms with Gasteiger partial charge in [-0.05, 0) is 46.4 Å². The summed E-state index contributed by atoms with van der Waals surface area (Å²) in [7, 11) is 2.11. The Kier molecular flexibility index (Phi) is 4.81. The second-order valence-corrected chi connectivity index (χ2v) is 6.80. The first kappa shape index (κ1) is 15.7. The van der Waals surface area contributed by atoms with Crippen LogP contribution in [0.4, 0.5) is 0 Å². The molecule has 0 spiro atoms. The topological polar surface area (TPSA) is 44.9 Å². The Hall–Kier alpha value is -1.64. The van der Waals surface area contributed by atoms with Gasteiger partial charge < -0.3 is 4.57 Å². The molecule has 21 heavy (non-hydrogen) atoms. The second kappa shape index (κ2) is 6.42. The molecule has 0 aliphatic carbocycles. The van der Waals surface area contributed by atoms with Crippen molar-refractivity contribution in [2.24, 2.45) is 0 Å². The maximum absolute atomic E-state index is 9.13. The van der Waals surface area contributed by atoms with Crippen molar-refractivity contribution in [2.45, 2.75) is 46.8 Å². The number of nitrogens with zero attached hydrogens (tertiary/aromatic N) is 4. The molecule has 0 aliphatic heterocycles. The fourth-order valence-corrected chi connectivity index (χ4v) is 3.48. The van der Waals surface area contributed by atoms with E-state index in [9.17, 15) is 0 Å². The number of aromatic nitrogens is 2. The summed E-state index contributed by atoms with van der Waals surface area (Å²) in [6, 6.07) is 4.49. The molecule has 0 bridgehead atoms. The Morgan fingerprint density at radius 3 is 2.67 bits per heavy atom. The van der Waals surface area contributed by atoms with E-state index in [1.54, 1.807) is 11.3 Å². The van der Waals surface area contributed by atoms with Gasteiger partial charge in [0.25, 0.3) is 0 Å². The predicted octanol–water partition coefficient (Wildman–Crippen LogP) is 3.65. The lowest BCUT2D eigenvalue weighted by atomic mass is 10.1. The molecule has 2 aromatic heterocycles. The minimum Gasteiger partial charge on any atom is -0.339 e. The Balaban J connectivity index is 2.14. The highest BCUT2D eigenvalue weighted by Gasteiger charge is 2.18. The highest BCUT2D eigenvalue weighted by Crippen LogP contribution is 2.27. The van der Waals surface area contributed by atoms with E-state index in [1.807, 2.05) is 10.6 Å². The maximum atomic E-state index is 9.13. The first-order chi connectivity index (χ1) is 9.96. The normalized spacial score (nSPS) is 12.6. The molecule has 0 fully saturated rings. The van der Waals surface area contributed by atoms with Crippen molar-refractivity contribution < 1.29 is 0 Å². The SMILES string of the molecule is CCn1cc(CN(C)[C@H](C)c2nc(C)sc2C)cc1C#N. The summed E-state index contributed by atoms with van der Waals surface area (Å²) < 4.78 is 1.99. The zero-order valence-electron chi connectivity index (χ0n) is 13.3. The van der Waals surface area contributed by atoms with Gasteiger partial charge in [0.1, 0.15) is 11.8 Å². The Morgan fingerprint density at radius 2 is 2.19 bits per heavy atom. The molecule has 0 N–H and O–H groups in total. The number of nitriles is 1. The van der Waals surface area contributed by atoms with E-state index in [1.165, 1.54) is 10.4 Å². The number of hydrogen-bond donors (Lipinski definition) is 0. The summed E-state index contributed by atoms with van der Waals surface area (Å²) in [5.41, 5.74) is 3.07. The van der Waals surface area contributed by atoms with Crippen LogP contribution in [0.1, 0.15) is 46.7 Å². The Bertz CT molecular complexity index is 662. The molecular formula is C16H22N4S.